The van der Waals surface area contributed by atoms with Crippen LogP contribution in [0.5, 0.6) is 11.5 Å². The molecule has 1 amide bonds. The molecule has 0 saturated carbocycles. The zero-order chi connectivity index (χ0) is 19.6. The summed E-state index contributed by atoms with van der Waals surface area (Å²) in [5.41, 5.74) is 0.624. The number of nitrogens with zero attached hydrogens (tertiary/aromatic N) is 2. The van der Waals surface area contributed by atoms with Gasteiger partial charge in [0.15, 0.2) is 0 Å². The molecule has 140 valence electrons. The highest BCUT2D eigenvalue weighted by atomic mass is 16.5. The van der Waals surface area contributed by atoms with Crippen molar-refractivity contribution in [2.45, 2.75) is 26.4 Å². The van der Waals surface area contributed by atoms with Crippen LogP contribution in [0.4, 0.5) is 0 Å². The van der Waals surface area contributed by atoms with E-state index in [0.717, 1.165) is 0 Å². The topological polar surface area (TPSA) is 93.4 Å². The standard InChI is InChI=1S/C20H21N3O4/c1-12(2)21-18(25)11-23-19(14-6-4-5-7-17(14)27-3)22-16-9-8-13(24)10-15(16)20(23)26/h4-10,12,24H,11H2,1-3H3,(H,21,25). The van der Waals surface area contributed by atoms with Crippen LogP contribution < -0.4 is 15.6 Å². The molecule has 1 aromatic heterocycles. The molecule has 0 aliphatic heterocycles. The molecule has 2 aromatic carbocycles. The summed E-state index contributed by atoms with van der Waals surface area (Å²) in [4.78, 5) is 30.0. The maximum absolute atomic E-state index is 13.1. The van der Waals surface area contributed by atoms with E-state index < -0.39 is 5.56 Å². The minimum atomic E-state index is -0.407. The summed E-state index contributed by atoms with van der Waals surface area (Å²) in [7, 11) is 1.53. The predicted octanol–water partition coefficient (Wildman–Crippen LogP) is 2.30. The Hall–Kier alpha value is -3.35. The lowest BCUT2D eigenvalue weighted by atomic mass is 10.1. The van der Waals surface area contributed by atoms with Gasteiger partial charge in [-0.3, -0.25) is 14.2 Å². The number of benzene rings is 2. The highest BCUT2D eigenvalue weighted by Gasteiger charge is 2.18. The van der Waals surface area contributed by atoms with Gasteiger partial charge in [-0.2, -0.15) is 0 Å². The fourth-order valence-corrected chi connectivity index (χ4v) is 2.90. The first-order valence-corrected chi connectivity index (χ1v) is 8.57. The first kappa shape index (κ1) is 18.4. The van der Waals surface area contributed by atoms with E-state index in [4.69, 9.17) is 4.74 Å². The average Bonchev–Trinajstić information content (AvgIpc) is 2.63. The van der Waals surface area contributed by atoms with Crippen molar-refractivity contribution >= 4 is 16.8 Å². The Morgan fingerprint density at radius 2 is 2.00 bits per heavy atom. The van der Waals surface area contributed by atoms with Crippen molar-refractivity contribution in [1.29, 1.82) is 0 Å². The molecule has 0 saturated heterocycles. The summed E-state index contributed by atoms with van der Waals surface area (Å²) in [5.74, 6) is 0.532. The summed E-state index contributed by atoms with van der Waals surface area (Å²) in [6.07, 6.45) is 0. The van der Waals surface area contributed by atoms with Crippen LogP contribution in [-0.2, 0) is 11.3 Å². The molecule has 0 aliphatic rings. The number of para-hydroxylation sites is 1. The summed E-state index contributed by atoms with van der Waals surface area (Å²) in [6, 6.07) is 11.5. The number of nitrogens with one attached hydrogen (secondary N) is 1. The van der Waals surface area contributed by atoms with Gasteiger partial charge in [0.25, 0.3) is 5.56 Å². The van der Waals surface area contributed by atoms with E-state index in [1.54, 1.807) is 18.2 Å². The van der Waals surface area contributed by atoms with Crippen molar-refractivity contribution in [3.8, 4) is 22.9 Å². The van der Waals surface area contributed by atoms with Gasteiger partial charge in [-0.25, -0.2) is 4.98 Å². The number of amides is 1. The molecule has 0 unspecified atom stereocenters. The van der Waals surface area contributed by atoms with Crippen LogP contribution in [0.1, 0.15) is 13.8 Å². The number of ether oxygens (including phenoxy) is 1. The molecule has 0 spiro atoms. The minimum Gasteiger partial charge on any atom is -0.508 e. The molecule has 3 rings (SSSR count). The third-order valence-corrected chi connectivity index (χ3v) is 4.04. The number of aromatic hydroxyl groups is 1. The van der Waals surface area contributed by atoms with Crippen molar-refractivity contribution in [1.82, 2.24) is 14.9 Å². The lowest BCUT2D eigenvalue weighted by molar-refractivity contribution is -0.122. The number of phenols is 1. The van der Waals surface area contributed by atoms with E-state index in [1.807, 2.05) is 26.0 Å². The van der Waals surface area contributed by atoms with Crippen LogP contribution in [-0.4, -0.2) is 33.7 Å². The number of aromatic nitrogens is 2. The summed E-state index contributed by atoms with van der Waals surface area (Å²) in [6.45, 7) is 3.50. The highest BCUT2D eigenvalue weighted by Crippen LogP contribution is 2.29. The maximum atomic E-state index is 13.1. The zero-order valence-electron chi connectivity index (χ0n) is 15.4. The second-order valence-corrected chi connectivity index (χ2v) is 6.45. The van der Waals surface area contributed by atoms with Crippen LogP contribution in [0, 0.1) is 0 Å². The number of fused-ring (bicyclic) bond motifs is 1. The molecule has 7 nitrogen and oxygen atoms in total. The van der Waals surface area contributed by atoms with Gasteiger partial charge in [0.05, 0.1) is 23.6 Å². The quantitative estimate of drug-likeness (QED) is 0.722. The van der Waals surface area contributed by atoms with Crippen molar-refractivity contribution in [3.05, 3.63) is 52.8 Å². The smallest absolute Gasteiger partial charge is 0.262 e. The zero-order valence-corrected chi connectivity index (χ0v) is 15.4. The predicted molar refractivity (Wildman–Crippen MR) is 103 cm³/mol. The fraction of sp³-hybridized carbons (Fsp3) is 0.250. The Bertz CT molecular complexity index is 1060. The van der Waals surface area contributed by atoms with Crippen LogP contribution in [0.3, 0.4) is 0 Å². The molecule has 0 aliphatic carbocycles. The number of rotatable bonds is 5. The molecule has 0 bridgehead atoms. The Labute approximate surface area is 156 Å². The van der Waals surface area contributed by atoms with Crippen molar-refractivity contribution in [3.63, 3.8) is 0 Å². The largest absolute Gasteiger partial charge is 0.508 e. The third kappa shape index (κ3) is 3.76. The number of carbonyl (C=O) groups is 1. The Kier molecular flexibility index (Phi) is 5.12. The molecule has 3 aromatic rings. The molecule has 1 heterocycles. The van der Waals surface area contributed by atoms with E-state index in [1.165, 1.54) is 23.8 Å². The van der Waals surface area contributed by atoms with E-state index in [9.17, 15) is 14.7 Å². The van der Waals surface area contributed by atoms with Gasteiger partial charge in [-0.1, -0.05) is 12.1 Å². The average molecular weight is 367 g/mol. The van der Waals surface area contributed by atoms with Gasteiger partial charge in [0.2, 0.25) is 5.91 Å². The second kappa shape index (κ2) is 7.49. The van der Waals surface area contributed by atoms with Crippen molar-refractivity contribution in [2.75, 3.05) is 7.11 Å². The van der Waals surface area contributed by atoms with Crippen LogP contribution >= 0.6 is 0 Å². The summed E-state index contributed by atoms with van der Waals surface area (Å²) in [5, 5.41) is 12.8. The Morgan fingerprint density at radius 1 is 1.26 bits per heavy atom. The van der Waals surface area contributed by atoms with Gasteiger partial charge >= 0.3 is 0 Å². The monoisotopic (exact) mass is 367 g/mol. The van der Waals surface area contributed by atoms with Crippen LogP contribution in [0.15, 0.2) is 47.3 Å². The number of hydrogen-bond donors (Lipinski definition) is 2. The normalized spacial score (nSPS) is 11.0. The van der Waals surface area contributed by atoms with E-state index in [-0.39, 0.29) is 29.6 Å². The number of hydrogen-bond acceptors (Lipinski definition) is 5. The highest BCUT2D eigenvalue weighted by molar-refractivity contribution is 5.83. The van der Waals surface area contributed by atoms with Gasteiger partial charge in [-0.05, 0) is 44.2 Å². The van der Waals surface area contributed by atoms with E-state index in [2.05, 4.69) is 10.3 Å². The first-order chi connectivity index (χ1) is 12.9. The SMILES string of the molecule is COc1ccccc1-c1nc2ccc(O)cc2c(=O)n1CC(=O)NC(C)C. The molecule has 7 heteroatoms. The minimum absolute atomic E-state index is 0.0374. The van der Waals surface area contributed by atoms with Gasteiger partial charge < -0.3 is 15.2 Å². The van der Waals surface area contributed by atoms with Crippen molar-refractivity contribution in [2.24, 2.45) is 0 Å². The van der Waals surface area contributed by atoms with E-state index >= 15 is 0 Å². The number of methoxy groups -OCH3 is 1. The third-order valence-electron chi connectivity index (χ3n) is 4.04. The van der Waals surface area contributed by atoms with Gasteiger partial charge in [-0.15, -0.1) is 0 Å². The Morgan fingerprint density at radius 3 is 2.70 bits per heavy atom. The van der Waals surface area contributed by atoms with Crippen LogP contribution in [0.25, 0.3) is 22.3 Å². The first-order valence-electron chi connectivity index (χ1n) is 8.57. The maximum Gasteiger partial charge on any atom is 0.262 e. The van der Waals surface area contributed by atoms with Crippen molar-refractivity contribution < 1.29 is 14.6 Å². The van der Waals surface area contributed by atoms with Gasteiger partial charge in [0, 0.05) is 6.04 Å². The molecule has 0 atom stereocenters. The molecular formula is C20H21N3O4. The molecular weight excluding hydrogens is 346 g/mol. The Balaban J connectivity index is 2.27. The second-order valence-electron chi connectivity index (χ2n) is 6.45. The van der Waals surface area contributed by atoms with Crippen LogP contribution in [0.2, 0.25) is 0 Å². The number of phenolic OH excluding ortho intramolecular Hbond substituents is 1. The molecule has 0 radical (unpaired) electrons. The van der Waals surface area contributed by atoms with E-state index in [0.29, 0.717) is 22.7 Å². The lowest BCUT2D eigenvalue weighted by Crippen LogP contribution is -2.37. The fourth-order valence-electron chi connectivity index (χ4n) is 2.90. The van der Waals surface area contributed by atoms with Gasteiger partial charge in [0.1, 0.15) is 23.9 Å². The summed E-state index contributed by atoms with van der Waals surface area (Å²) >= 11 is 0. The number of carbonyl (C=O) groups excluding carboxylic acids is 1. The molecule has 0 fully saturated rings. The summed E-state index contributed by atoms with van der Waals surface area (Å²) < 4.78 is 6.70. The lowest BCUT2D eigenvalue weighted by Gasteiger charge is -2.16. The molecule has 2 N–H and O–H groups in total. The molecule has 27 heavy (non-hydrogen) atoms.